The van der Waals surface area contributed by atoms with Crippen molar-refractivity contribution in [3.63, 3.8) is 0 Å². The van der Waals surface area contributed by atoms with Crippen molar-refractivity contribution in [1.29, 1.82) is 0 Å². The van der Waals surface area contributed by atoms with Crippen LogP contribution < -0.4 is 14.8 Å². The van der Waals surface area contributed by atoms with Crippen LogP contribution in [0.4, 0.5) is 13.2 Å². The average molecular weight is 307 g/mol. The molecule has 0 amide bonds. The highest BCUT2D eigenvalue weighted by Gasteiger charge is 2.38. The standard InChI is InChI=1S/C14H20F3NO3/c1-3-6-18-8-10-4-5-11(12(7-10)20-2)21-9-13(19)14(15,16)17/h4-5,7,13,18-19H,3,6,8-9H2,1-2H3. The van der Waals surface area contributed by atoms with Gasteiger partial charge in [-0.05, 0) is 30.7 Å². The highest BCUT2D eigenvalue weighted by Crippen LogP contribution is 2.29. The SMILES string of the molecule is CCCNCc1ccc(OCC(O)C(F)(F)F)c(OC)c1. The molecule has 0 bridgehead atoms. The van der Waals surface area contributed by atoms with Gasteiger partial charge in [0, 0.05) is 6.54 Å². The van der Waals surface area contributed by atoms with Crippen molar-refractivity contribution in [2.24, 2.45) is 0 Å². The van der Waals surface area contributed by atoms with Crippen LogP contribution in [0.3, 0.4) is 0 Å². The molecule has 1 aromatic rings. The van der Waals surface area contributed by atoms with Crippen molar-refractivity contribution in [2.45, 2.75) is 32.2 Å². The van der Waals surface area contributed by atoms with E-state index in [1.54, 1.807) is 12.1 Å². The van der Waals surface area contributed by atoms with Gasteiger partial charge in [0.25, 0.3) is 0 Å². The second-order valence-corrected chi connectivity index (χ2v) is 4.53. The summed E-state index contributed by atoms with van der Waals surface area (Å²) >= 11 is 0. The van der Waals surface area contributed by atoms with E-state index in [-0.39, 0.29) is 5.75 Å². The topological polar surface area (TPSA) is 50.7 Å². The summed E-state index contributed by atoms with van der Waals surface area (Å²) in [6, 6.07) is 4.96. The maximum atomic E-state index is 12.2. The summed E-state index contributed by atoms with van der Waals surface area (Å²) in [5, 5.41) is 12.1. The van der Waals surface area contributed by atoms with Gasteiger partial charge in [-0.2, -0.15) is 13.2 Å². The van der Waals surface area contributed by atoms with E-state index in [1.165, 1.54) is 13.2 Å². The first-order valence-corrected chi connectivity index (χ1v) is 6.63. The Kier molecular flexibility index (Phi) is 6.77. The molecule has 1 rings (SSSR count). The Morgan fingerprint density at radius 3 is 2.57 bits per heavy atom. The Morgan fingerprint density at radius 2 is 2.00 bits per heavy atom. The number of hydrogen-bond donors (Lipinski definition) is 2. The van der Waals surface area contributed by atoms with E-state index in [9.17, 15) is 13.2 Å². The minimum atomic E-state index is -4.70. The molecule has 2 N–H and O–H groups in total. The van der Waals surface area contributed by atoms with E-state index in [2.05, 4.69) is 12.2 Å². The maximum absolute atomic E-state index is 12.2. The third kappa shape index (κ3) is 5.81. The van der Waals surface area contributed by atoms with Gasteiger partial charge in [0.1, 0.15) is 6.61 Å². The lowest BCUT2D eigenvalue weighted by Crippen LogP contribution is -2.34. The van der Waals surface area contributed by atoms with Crippen molar-refractivity contribution in [3.8, 4) is 11.5 Å². The molecule has 120 valence electrons. The number of aliphatic hydroxyl groups excluding tert-OH is 1. The zero-order valence-electron chi connectivity index (χ0n) is 12.0. The molecular formula is C14H20F3NO3. The fourth-order valence-corrected chi connectivity index (χ4v) is 1.61. The number of alkyl halides is 3. The summed E-state index contributed by atoms with van der Waals surface area (Å²) in [6.45, 7) is 2.69. The molecule has 1 aromatic carbocycles. The van der Waals surface area contributed by atoms with E-state index in [4.69, 9.17) is 14.6 Å². The van der Waals surface area contributed by atoms with Crippen LogP contribution in [-0.4, -0.2) is 37.6 Å². The number of halogens is 3. The second kappa shape index (κ2) is 8.09. The van der Waals surface area contributed by atoms with Crippen molar-refractivity contribution >= 4 is 0 Å². The van der Waals surface area contributed by atoms with Crippen LogP contribution >= 0.6 is 0 Å². The van der Waals surface area contributed by atoms with Crippen LogP contribution in [0.1, 0.15) is 18.9 Å². The van der Waals surface area contributed by atoms with Crippen LogP contribution in [0.15, 0.2) is 18.2 Å². The van der Waals surface area contributed by atoms with Gasteiger partial charge >= 0.3 is 6.18 Å². The fraction of sp³-hybridized carbons (Fsp3) is 0.571. The van der Waals surface area contributed by atoms with E-state index in [0.717, 1.165) is 18.5 Å². The lowest BCUT2D eigenvalue weighted by molar-refractivity contribution is -0.210. The van der Waals surface area contributed by atoms with Gasteiger partial charge in [0.15, 0.2) is 17.6 Å². The predicted molar refractivity (Wildman–Crippen MR) is 72.5 cm³/mol. The molecule has 0 saturated heterocycles. The molecule has 1 unspecified atom stereocenters. The molecule has 0 saturated carbocycles. The molecule has 0 aliphatic heterocycles. The predicted octanol–water partition coefficient (Wildman–Crippen LogP) is 2.50. The minimum absolute atomic E-state index is 0.167. The minimum Gasteiger partial charge on any atom is -0.493 e. The van der Waals surface area contributed by atoms with Gasteiger partial charge in [-0.25, -0.2) is 0 Å². The zero-order chi connectivity index (χ0) is 15.9. The van der Waals surface area contributed by atoms with E-state index >= 15 is 0 Å². The molecule has 1 atom stereocenters. The van der Waals surface area contributed by atoms with Gasteiger partial charge in [0.05, 0.1) is 7.11 Å². The Bertz CT molecular complexity index is 438. The molecule has 0 aliphatic carbocycles. The molecular weight excluding hydrogens is 287 g/mol. The number of hydrogen-bond acceptors (Lipinski definition) is 4. The zero-order valence-corrected chi connectivity index (χ0v) is 12.0. The summed E-state index contributed by atoms with van der Waals surface area (Å²) in [6.07, 6.45) is -6.21. The van der Waals surface area contributed by atoms with E-state index in [0.29, 0.717) is 12.3 Å². The summed E-state index contributed by atoms with van der Waals surface area (Å²) in [5.41, 5.74) is 0.934. The van der Waals surface area contributed by atoms with Crippen LogP contribution in [0, 0.1) is 0 Å². The Balaban J connectivity index is 2.66. The highest BCUT2D eigenvalue weighted by atomic mass is 19.4. The maximum Gasteiger partial charge on any atom is 0.417 e. The van der Waals surface area contributed by atoms with Gasteiger partial charge in [-0.1, -0.05) is 13.0 Å². The molecule has 0 aliphatic rings. The summed E-state index contributed by atoms with van der Waals surface area (Å²) in [4.78, 5) is 0. The van der Waals surface area contributed by atoms with E-state index < -0.39 is 18.9 Å². The summed E-state index contributed by atoms with van der Waals surface area (Å²) < 4.78 is 46.7. The molecule has 0 aromatic heterocycles. The quantitative estimate of drug-likeness (QED) is 0.725. The number of nitrogens with one attached hydrogen (secondary N) is 1. The van der Waals surface area contributed by atoms with E-state index in [1.807, 2.05) is 0 Å². The summed E-state index contributed by atoms with van der Waals surface area (Å²) in [5.74, 6) is 0.500. The molecule has 0 fully saturated rings. The third-order valence-electron chi connectivity index (χ3n) is 2.76. The van der Waals surface area contributed by atoms with Crippen LogP contribution in [0.5, 0.6) is 11.5 Å². The number of aliphatic hydroxyl groups is 1. The van der Waals surface area contributed by atoms with Crippen LogP contribution in [-0.2, 0) is 6.54 Å². The Labute approximate surface area is 121 Å². The van der Waals surface area contributed by atoms with Crippen LogP contribution in [0.25, 0.3) is 0 Å². The number of ether oxygens (including phenoxy) is 2. The van der Waals surface area contributed by atoms with Gasteiger partial charge in [-0.3, -0.25) is 0 Å². The first-order chi connectivity index (χ1) is 9.88. The molecule has 0 spiro atoms. The first-order valence-electron chi connectivity index (χ1n) is 6.63. The smallest absolute Gasteiger partial charge is 0.417 e. The molecule has 21 heavy (non-hydrogen) atoms. The van der Waals surface area contributed by atoms with Gasteiger partial charge < -0.3 is 19.9 Å². The molecule has 7 heteroatoms. The summed E-state index contributed by atoms with van der Waals surface area (Å²) in [7, 11) is 1.41. The van der Waals surface area contributed by atoms with Crippen molar-refractivity contribution in [2.75, 3.05) is 20.3 Å². The molecule has 0 heterocycles. The average Bonchev–Trinajstić information content (AvgIpc) is 2.44. The first kappa shape index (κ1) is 17.6. The molecule has 0 radical (unpaired) electrons. The lowest BCUT2D eigenvalue weighted by atomic mass is 10.2. The fourth-order valence-electron chi connectivity index (χ4n) is 1.61. The number of methoxy groups -OCH3 is 1. The lowest BCUT2D eigenvalue weighted by Gasteiger charge is -2.17. The second-order valence-electron chi connectivity index (χ2n) is 4.53. The Morgan fingerprint density at radius 1 is 1.29 bits per heavy atom. The van der Waals surface area contributed by atoms with Crippen molar-refractivity contribution < 1.29 is 27.8 Å². The number of benzene rings is 1. The molecule has 4 nitrogen and oxygen atoms in total. The van der Waals surface area contributed by atoms with Crippen molar-refractivity contribution in [3.05, 3.63) is 23.8 Å². The number of rotatable bonds is 8. The monoisotopic (exact) mass is 307 g/mol. The van der Waals surface area contributed by atoms with Gasteiger partial charge in [-0.15, -0.1) is 0 Å². The Hall–Kier alpha value is -1.47. The van der Waals surface area contributed by atoms with Crippen LogP contribution in [0.2, 0.25) is 0 Å². The van der Waals surface area contributed by atoms with Crippen molar-refractivity contribution in [1.82, 2.24) is 5.32 Å². The third-order valence-corrected chi connectivity index (χ3v) is 2.76. The normalized spacial score (nSPS) is 13.0. The van der Waals surface area contributed by atoms with Gasteiger partial charge in [0.2, 0.25) is 0 Å². The largest absolute Gasteiger partial charge is 0.493 e. The highest BCUT2D eigenvalue weighted by molar-refractivity contribution is 5.43.